The number of rotatable bonds is 5. The van der Waals surface area contributed by atoms with E-state index >= 15 is 0 Å². The molecule has 20 heavy (non-hydrogen) atoms. The Labute approximate surface area is 120 Å². The van der Waals surface area contributed by atoms with Gasteiger partial charge < -0.3 is 14.7 Å². The van der Waals surface area contributed by atoms with E-state index in [1.165, 1.54) is 37.0 Å². The van der Waals surface area contributed by atoms with E-state index in [2.05, 4.69) is 0 Å². The standard InChI is InChI=1S/C15H25NO4/c1-20-12-9-13(15(18)19)16(10-12)14(17)8-7-11-5-3-2-4-6-11/h11-13H,2-10H2,1H3,(H,18,19). The van der Waals surface area contributed by atoms with Gasteiger partial charge in [-0.25, -0.2) is 4.79 Å². The van der Waals surface area contributed by atoms with Crippen LogP contribution in [0.15, 0.2) is 0 Å². The zero-order chi connectivity index (χ0) is 14.5. The van der Waals surface area contributed by atoms with Crippen molar-refractivity contribution < 1.29 is 19.4 Å². The smallest absolute Gasteiger partial charge is 0.326 e. The normalized spacial score (nSPS) is 27.8. The van der Waals surface area contributed by atoms with Gasteiger partial charge in [0, 0.05) is 26.5 Å². The van der Waals surface area contributed by atoms with E-state index in [1.807, 2.05) is 0 Å². The largest absolute Gasteiger partial charge is 0.480 e. The van der Waals surface area contributed by atoms with Crippen LogP contribution in [0.2, 0.25) is 0 Å². The maximum Gasteiger partial charge on any atom is 0.326 e. The highest BCUT2D eigenvalue weighted by Crippen LogP contribution is 2.28. The summed E-state index contributed by atoms with van der Waals surface area (Å²) < 4.78 is 5.21. The number of hydrogen-bond acceptors (Lipinski definition) is 3. The SMILES string of the molecule is COC1CC(C(=O)O)N(C(=O)CCC2CCCCC2)C1. The van der Waals surface area contributed by atoms with Crippen LogP contribution in [0.4, 0.5) is 0 Å². The molecule has 2 rings (SSSR count). The average molecular weight is 283 g/mol. The zero-order valence-electron chi connectivity index (χ0n) is 12.2. The first-order chi connectivity index (χ1) is 9.61. The molecule has 1 heterocycles. The fourth-order valence-electron chi connectivity index (χ4n) is 3.42. The minimum absolute atomic E-state index is 0.0254. The highest BCUT2D eigenvalue weighted by molar-refractivity contribution is 5.84. The molecule has 1 aliphatic carbocycles. The van der Waals surface area contributed by atoms with Crippen molar-refractivity contribution in [1.82, 2.24) is 4.90 Å². The maximum absolute atomic E-state index is 12.3. The van der Waals surface area contributed by atoms with E-state index in [-0.39, 0.29) is 12.0 Å². The molecule has 0 aromatic carbocycles. The lowest BCUT2D eigenvalue weighted by Gasteiger charge is -2.24. The number of nitrogens with zero attached hydrogens (tertiary/aromatic N) is 1. The van der Waals surface area contributed by atoms with Crippen molar-refractivity contribution in [3.05, 3.63) is 0 Å². The Morgan fingerprint density at radius 2 is 1.95 bits per heavy atom. The zero-order valence-corrected chi connectivity index (χ0v) is 12.2. The molecule has 1 aliphatic heterocycles. The van der Waals surface area contributed by atoms with Crippen LogP contribution in [-0.2, 0) is 14.3 Å². The minimum atomic E-state index is -0.921. The molecule has 114 valence electrons. The van der Waals surface area contributed by atoms with Crippen LogP contribution in [-0.4, -0.2) is 47.7 Å². The minimum Gasteiger partial charge on any atom is -0.480 e. The van der Waals surface area contributed by atoms with E-state index in [4.69, 9.17) is 4.74 Å². The molecule has 5 heteroatoms. The molecule has 0 aromatic heterocycles. The van der Waals surface area contributed by atoms with Gasteiger partial charge in [-0.15, -0.1) is 0 Å². The van der Waals surface area contributed by atoms with Gasteiger partial charge in [-0.3, -0.25) is 4.79 Å². The predicted molar refractivity (Wildman–Crippen MR) is 74.4 cm³/mol. The molecular weight excluding hydrogens is 258 g/mol. The number of carboxylic acid groups (broad SMARTS) is 1. The summed E-state index contributed by atoms with van der Waals surface area (Å²) in [6.45, 7) is 0.414. The monoisotopic (exact) mass is 283 g/mol. The van der Waals surface area contributed by atoms with Crippen molar-refractivity contribution >= 4 is 11.9 Å². The van der Waals surface area contributed by atoms with E-state index < -0.39 is 12.0 Å². The molecule has 2 unspecified atom stereocenters. The highest BCUT2D eigenvalue weighted by atomic mass is 16.5. The second-order valence-corrected chi connectivity index (χ2v) is 6.04. The van der Waals surface area contributed by atoms with Gasteiger partial charge in [0.15, 0.2) is 0 Å². The number of hydrogen-bond donors (Lipinski definition) is 1. The Hall–Kier alpha value is -1.10. The summed E-state index contributed by atoms with van der Waals surface area (Å²) in [5, 5.41) is 9.21. The summed E-state index contributed by atoms with van der Waals surface area (Å²) in [6, 6.07) is -0.709. The third kappa shape index (κ3) is 3.72. The Bertz CT molecular complexity index is 352. The third-order valence-corrected chi connectivity index (χ3v) is 4.69. The molecule has 0 radical (unpaired) electrons. The summed E-state index contributed by atoms with van der Waals surface area (Å²) in [7, 11) is 1.57. The van der Waals surface area contributed by atoms with Gasteiger partial charge in [-0.05, 0) is 12.3 Å². The lowest BCUT2D eigenvalue weighted by atomic mass is 9.86. The van der Waals surface area contributed by atoms with Gasteiger partial charge in [0.25, 0.3) is 0 Å². The first-order valence-electron chi connectivity index (χ1n) is 7.67. The second kappa shape index (κ2) is 7.07. The van der Waals surface area contributed by atoms with E-state index in [9.17, 15) is 14.7 Å². The molecular formula is C15H25NO4. The van der Waals surface area contributed by atoms with Crippen LogP contribution in [0.3, 0.4) is 0 Å². The van der Waals surface area contributed by atoms with Gasteiger partial charge >= 0.3 is 5.97 Å². The van der Waals surface area contributed by atoms with Gasteiger partial charge in [-0.2, -0.15) is 0 Å². The fourth-order valence-corrected chi connectivity index (χ4v) is 3.42. The number of ether oxygens (including phenoxy) is 1. The summed E-state index contributed by atoms with van der Waals surface area (Å²) in [6.07, 6.45) is 7.93. The van der Waals surface area contributed by atoms with Crippen molar-refractivity contribution in [3.8, 4) is 0 Å². The van der Waals surface area contributed by atoms with Gasteiger partial charge in [0.2, 0.25) is 5.91 Å². The molecule has 2 aliphatic rings. The van der Waals surface area contributed by atoms with Crippen molar-refractivity contribution in [2.75, 3.05) is 13.7 Å². The number of likely N-dealkylation sites (tertiary alicyclic amines) is 1. The fraction of sp³-hybridized carbons (Fsp3) is 0.867. The van der Waals surface area contributed by atoms with Crippen molar-refractivity contribution in [2.45, 2.75) is 63.5 Å². The molecule has 0 spiro atoms. The van der Waals surface area contributed by atoms with E-state index in [0.29, 0.717) is 25.3 Å². The first kappa shape index (κ1) is 15.3. The van der Waals surface area contributed by atoms with E-state index in [0.717, 1.165) is 6.42 Å². The number of methoxy groups -OCH3 is 1. The van der Waals surface area contributed by atoms with Crippen molar-refractivity contribution in [2.24, 2.45) is 5.92 Å². The molecule has 1 saturated heterocycles. The Morgan fingerprint density at radius 3 is 2.55 bits per heavy atom. The molecule has 5 nitrogen and oxygen atoms in total. The van der Waals surface area contributed by atoms with Crippen molar-refractivity contribution in [3.63, 3.8) is 0 Å². The highest BCUT2D eigenvalue weighted by Gasteiger charge is 2.39. The van der Waals surface area contributed by atoms with Crippen molar-refractivity contribution in [1.29, 1.82) is 0 Å². The number of amides is 1. The Kier molecular flexibility index (Phi) is 5.40. The maximum atomic E-state index is 12.3. The van der Waals surface area contributed by atoms with Gasteiger partial charge in [0.1, 0.15) is 6.04 Å². The first-order valence-corrected chi connectivity index (χ1v) is 7.67. The topological polar surface area (TPSA) is 66.8 Å². The lowest BCUT2D eigenvalue weighted by Crippen LogP contribution is -2.40. The summed E-state index contributed by atoms with van der Waals surface area (Å²) in [5.74, 6) is -0.296. The summed E-state index contributed by atoms with van der Waals surface area (Å²) >= 11 is 0. The number of carbonyl (C=O) groups is 2. The predicted octanol–water partition coefficient (Wildman–Crippen LogP) is 2.05. The molecule has 1 amide bonds. The van der Waals surface area contributed by atoms with Gasteiger partial charge in [0.05, 0.1) is 6.10 Å². The molecule has 1 saturated carbocycles. The van der Waals surface area contributed by atoms with Gasteiger partial charge in [-0.1, -0.05) is 32.1 Å². The number of carbonyl (C=O) groups excluding carboxylic acids is 1. The molecule has 0 bridgehead atoms. The third-order valence-electron chi connectivity index (χ3n) is 4.69. The van der Waals surface area contributed by atoms with Crippen LogP contribution in [0, 0.1) is 5.92 Å². The Balaban J connectivity index is 1.85. The quantitative estimate of drug-likeness (QED) is 0.838. The summed E-state index contributed by atoms with van der Waals surface area (Å²) in [5.41, 5.74) is 0. The molecule has 1 N–H and O–H groups in total. The average Bonchev–Trinajstić information content (AvgIpc) is 2.90. The molecule has 0 aromatic rings. The number of carboxylic acids is 1. The van der Waals surface area contributed by atoms with Crippen LogP contribution in [0.5, 0.6) is 0 Å². The second-order valence-electron chi connectivity index (χ2n) is 6.04. The van der Waals surface area contributed by atoms with Crippen LogP contribution < -0.4 is 0 Å². The van der Waals surface area contributed by atoms with Crippen LogP contribution >= 0.6 is 0 Å². The molecule has 2 fully saturated rings. The lowest BCUT2D eigenvalue weighted by molar-refractivity contribution is -0.148. The van der Waals surface area contributed by atoms with E-state index in [1.54, 1.807) is 7.11 Å². The van der Waals surface area contributed by atoms with Crippen LogP contribution in [0.1, 0.15) is 51.4 Å². The van der Waals surface area contributed by atoms with Crippen LogP contribution in [0.25, 0.3) is 0 Å². The Morgan fingerprint density at radius 1 is 1.25 bits per heavy atom. The summed E-state index contributed by atoms with van der Waals surface area (Å²) in [4.78, 5) is 25.0. The number of aliphatic carboxylic acids is 1. The molecule has 2 atom stereocenters.